The first-order chi connectivity index (χ1) is 10.5. The van der Waals surface area contributed by atoms with Gasteiger partial charge < -0.3 is 19.9 Å². The van der Waals surface area contributed by atoms with Crippen LogP contribution in [0.2, 0.25) is 0 Å². The molecule has 0 saturated heterocycles. The van der Waals surface area contributed by atoms with Crippen molar-refractivity contribution in [1.29, 1.82) is 0 Å². The molecule has 0 aromatic heterocycles. The van der Waals surface area contributed by atoms with E-state index >= 15 is 0 Å². The number of benzene rings is 1. The summed E-state index contributed by atoms with van der Waals surface area (Å²) < 4.78 is 10.8. The Morgan fingerprint density at radius 3 is 2.32 bits per heavy atom. The van der Waals surface area contributed by atoms with Gasteiger partial charge in [-0.3, -0.25) is 9.59 Å². The summed E-state index contributed by atoms with van der Waals surface area (Å²) in [5, 5.41) is 11.3. The molecule has 1 aromatic rings. The van der Waals surface area contributed by atoms with Crippen LogP contribution in [0.15, 0.2) is 24.3 Å². The molecule has 1 unspecified atom stereocenters. The first-order valence-corrected chi connectivity index (χ1v) is 7.38. The van der Waals surface area contributed by atoms with Crippen LogP contribution in [-0.4, -0.2) is 36.2 Å². The van der Waals surface area contributed by atoms with Gasteiger partial charge in [0.1, 0.15) is 11.5 Å². The van der Waals surface area contributed by atoms with Crippen molar-refractivity contribution < 1.29 is 24.2 Å². The van der Waals surface area contributed by atoms with Gasteiger partial charge in [0.15, 0.2) is 6.61 Å². The van der Waals surface area contributed by atoms with Crippen LogP contribution in [-0.2, 0) is 9.59 Å². The monoisotopic (exact) mass is 309 g/mol. The Hall–Kier alpha value is -2.24. The molecule has 6 nitrogen and oxygen atoms in total. The summed E-state index contributed by atoms with van der Waals surface area (Å²) in [5.41, 5.74) is 0. The van der Waals surface area contributed by atoms with E-state index in [1.54, 1.807) is 31.2 Å². The first kappa shape index (κ1) is 17.8. The van der Waals surface area contributed by atoms with Crippen molar-refractivity contribution in [3.05, 3.63) is 24.3 Å². The second-order valence-electron chi connectivity index (χ2n) is 5.01. The molecule has 1 atom stereocenters. The Balaban J connectivity index is 2.29. The molecule has 1 amide bonds. The van der Waals surface area contributed by atoms with Gasteiger partial charge in [-0.2, -0.15) is 0 Å². The molecule has 0 bridgehead atoms. The minimum absolute atomic E-state index is 0.0293. The lowest BCUT2D eigenvalue weighted by Crippen LogP contribution is -2.36. The largest absolute Gasteiger partial charge is 0.494 e. The molecule has 0 spiro atoms. The van der Waals surface area contributed by atoms with Crippen LogP contribution in [0.3, 0.4) is 0 Å². The minimum Gasteiger partial charge on any atom is -0.494 e. The lowest BCUT2D eigenvalue weighted by molar-refractivity contribution is -0.137. The highest BCUT2D eigenvalue weighted by atomic mass is 16.5. The number of rotatable bonds is 10. The van der Waals surface area contributed by atoms with E-state index < -0.39 is 5.97 Å². The van der Waals surface area contributed by atoms with Gasteiger partial charge in [0.25, 0.3) is 5.91 Å². The number of carbonyl (C=O) groups is 2. The van der Waals surface area contributed by atoms with Crippen LogP contribution in [0.25, 0.3) is 0 Å². The van der Waals surface area contributed by atoms with E-state index in [-0.39, 0.29) is 25.0 Å². The lowest BCUT2D eigenvalue weighted by atomic mass is 10.2. The average molecular weight is 309 g/mol. The highest BCUT2D eigenvalue weighted by molar-refractivity contribution is 5.77. The fourth-order valence-electron chi connectivity index (χ4n) is 1.73. The Morgan fingerprint density at radius 2 is 1.77 bits per heavy atom. The first-order valence-electron chi connectivity index (χ1n) is 7.38. The van der Waals surface area contributed by atoms with Gasteiger partial charge in [0.05, 0.1) is 6.61 Å². The molecule has 122 valence electrons. The predicted molar refractivity (Wildman–Crippen MR) is 82.2 cm³/mol. The normalized spacial score (nSPS) is 11.5. The standard InChI is InChI=1S/C16H23NO5/c1-3-10-21-13-5-7-14(8-6-13)22-11-15(18)17-12(2)4-9-16(19)20/h5-8,12H,3-4,9-11H2,1-2H3,(H,17,18)(H,19,20). The maximum atomic E-state index is 11.7. The van der Waals surface area contributed by atoms with Crippen molar-refractivity contribution in [3.63, 3.8) is 0 Å². The molecule has 0 heterocycles. The Morgan fingerprint density at radius 1 is 1.18 bits per heavy atom. The van der Waals surface area contributed by atoms with Crippen molar-refractivity contribution in [2.24, 2.45) is 0 Å². The molecule has 1 rings (SSSR count). The van der Waals surface area contributed by atoms with E-state index in [0.29, 0.717) is 18.8 Å². The zero-order valence-electron chi connectivity index (χ0n) is 13.0. The summed E-state index contributed by atoms with van der Waals surface area (Å²) in [6.07, 6.45) is 1.37. The van der Waals surface area contributed by atoms with E-state index in [9.17, 15) is 9.59 Å². The smallest absolute Gasteiger partial charge is 0.303 e. The molecule has 1 aromatic carbocycles. The Labute approximate surface area is 130 Å². The number of carbonyl (C=O) groups excluding carboxylic acids is 1. The number of carboxylic acid groups (broad SMARTS) is 1. The van der Waals surface area contributed by atoms with E-state index in [1.807, 2.05) is 6.92 Å². The molecule has 0 aliphatic heterocycles. The number of ether oxygens (including phenoxy) is 2. The number of carboxylic acids is 1. The van der Waals surface area contributed by atoms with Crippen LogP contribution in [0.4, 0.5) is 0 Å². The van der Waals surface area contributed by atoms with Crippen LogP contribution in [0, 0.1) is 0 Å². The molecule has 0 aliphatic rings. The van der Waals surface area contributed by atoms with Gasteiger partial charge in [-0.05, 0) is 44.0 Å². The third-order valence-electron chi connectivity index (χ3n) is 2.87. The Kier molecular flexibility index (Phi) is 7.81. The van der Waals surface area contributed by atoms with E-state index in [0.717, 1.165) is 12.2 Å². The van der Waals surface area contributed by atoms with Crippen molar-refractivity contribution >= 4 is 11.9 Å². The summed E-state index contributed by atoms with van der Waals surface area (Å²) in [6, 6.07) is 6.87. The lowest BCUT2D eigenvalue weighted by Gasteiger charge is -2.13. The predicted octanol–water partition coefficient (Wildman–Crippen LogP) is 2.22. The molecule has 22 heavy (non-hydrogen) atoms. The maximum Gasteiger partial charge on any atom is 0.303 e. The molecule has 0 saturated carbocycles. The van der Waals surface area contributed by atoms with Gasteiger partial charge in [-0.1, -0.05) is 6.92 Å². The average Bonchev–Trinajstić information content (AvgIpc) is 2.50. The second-order valence-corrected chi connectivity index (χ2v) is 5.01. The highest BCUT2D eigenvalue weighted by Crippen LogP contribution is 2.17. The van der Waals surface area contributed by atoms with Gasteiger partial charge >= 0.3 is 5.97 Å². The molecule has 0 radical (unpaired) electrons. The van der Waals surface area contributed by atoms with Crippen molar-refractivity contribution in [3.8, 4) is 11.5 Å². The number of nitrogens with one attached hydrogen (secondary N) is 1. The van der Waals surface area contributed by atoms with E-state index in [4.69, 9.17) is 14.6 Å². The van der Waals surface area contributed by atoms with Gasteiger partial charge in [0.2, 0.25) is 0 Å². The number of hydrogen-bond donors (Lipinski definition) is 2. The van der Waals surface area contributed by atoms with Crippen molar-refractivity contribution in [2.75, 3.05) is 13.2 Å². The highest BCUT2D eigenvalue weighted by Gasteiger charge is 2.09. The third-order valence-corrected chi connectivity index (χ3v) is 2.87. The van der Waals surface area contributed by atoms with Crippen LogP contribution in [0.1, 0.15) is 33.1 Å². The SMILES string of the molecule is CCCOc1ccc(OCC(=O)NC(C)CCC(=O)O)cc1. The number of aliphatic carboxylic acids is 1. The van der Waals surface area contributed by atoms with E-state index in [1.165, 1.54) is 0 Å². The molecule has 6 heteroatoms. The Bertz CT molecular complexity index is 472. The fourth-order valence-corrected chi connectivity index (χ4v) is 1.73. The molecule has 0 aliphatic carbocycles. The molecule has 2 N–H and O–H groups in total. The minimum atomic E-state index is -0.872. The fraction of sp³-hybridized carbons (Fsp3) is 0.500. The maximum absolute atomic E-state index is 11.7. The summed E-state index contributed by atoms with van der Waals surface area (Å²) in [5.74, 6) is 0.199. The van der Waals surface area contributed by atoms with Crippen LogP contribution in [0.5, 0.6) is 11.5 Å². The summed E-state index contributed by atoms with van der Waals surface area (Å²) in [7, 11) is 0. The molecule has 0 fully saturated rings. The van der Waals surface area contributed by atoms with Crippen molar-refractivity contribution in [1.82, 2.24) is 5.32 Å². The molecular weight excluding hydrogens is 286 g/mol. The van der Waals surface area contributed by atoms with Gasteiger partial charge in [-0.15, -0.1) is 0 Å². The van der Waals surface area contributed by atoms with Gasteiger partial charge in [-0.25, -0.2) is 0 Å². The number of hydrogen-bond acceptors (Lipinski definition) is 4. The number of amides is 1. The summed E-state index contributed by atoms with van der Waals surface area (Å²) >= 11 is 0. The zero-order valence-corrected chi connectivity index (χ0v) is 13.0. The summed E-state index contributed by atoms with van der Waals surface area (Å²) in [4.78, 5) is 22.1. The second kappa shape index (κ2) is 9.65. The summed E-state index contributed by atoms with van der Waals surface area (Å²) in [6.45, 7) is 4.36. The van der Waals surface area contributed by atoms with Crippen LogP contribution < -0.4 is 14.8 Å². The van der Waals surface area contributed by atoms with E-state index in [2.05, 4.69) is 5.32 Å². The molecular formula is C16H23NO5. The quantitative estimate of drug-likeness (QED) is 0.692. The van der Waals surface area contributed by atoms with Gasteiger partial charge in [0, 0.05) is 12.5 Å². The van der Waals surface area contributed by atoms with Crippen molar-refractivity contribution in [2.45, 2.75) is 39.2 Å². The van der Waals surface area contributed by atoms with Crippen LogP contribution >= 0.6 is 0 Å². The third kappa shape index (κ3) is 7.52. The topological polar surface area (TPSA) is 84.9 Å². The zero-order chi connectivity index (χ0) is 16.4.